The molecule has 0 bridgehead atoms. The Morgan fingerprint density at radius 3 is 1.65 bits per heavy atom. The lowest BCUT2D eigenvalue weighted by atomic mass is 9.98. The van der Waals surface area contributed by atoms with Crippen LogP contribution in [0.1, 0.15) is 27.0 Å². The Bertz CT molecular complexity index is 2250. The average Bonchev–Trinajstić information content (AvgIpc) is 3.08. The second-order valence-electron chi connectivity index (χ2n) is 10.6. The van der Waals surface area contributed by atoms with Crippen molar-refractivity contribution in [3.05, 3.63) is 104 Å². The highest BCUT2D eigenvalue weighted by molar-refractivity contribution is 7.98. The molecule has 0 unspecified atom stereocenters. The monoisotopic (exact) mass is 652 g/mol. The molecule has 46 heavy (non-hydrogen) atoms. The third-order valence-corrected chi connectivity index (χ3v) is 8.80. The summed E-state index contributed by atoms with van der Waals surface area (Å²) in [5, 5.41) is 12.2. The first-order valence-electron chi connectivity index (χ1n) is 14.2. The summed E-state index contributed by atoms with van der Waals surface area (Å²) >= 11 is 2.87. The van der Waals surface area contributed by atoms with Crippen LogP contribution in [0.3, 0.4) is 0 Å². The van der Waals surface area contributed by atoms with E-state index in [0.29, 0.717) is 38.3 Å². The third-order valence-electron chi connectivity index (χ3n) is 7.68. The van der Waals surface area contributed by atoms with Gasteiger partial charge >= 0.3 is 0 Å². The van der Waals surface area contributed by atoms with Crippen LogP contribution in [0.5, 0.6) is 0 Å². The van der Waals surface area contributed by atoms with Crippen molar-refractivity contribution in [1.29, 1.82) is 0 Å². The number of aldehydes is 1. The van der Waals surface area contributed by atoms with Crippen LogP contribution in [0.2, 0.25) is 0 Å². The number of fused-ring (bicyclic) bond motifs is 2. The number of hydrogen-bond donors (Lipinski definition) is 1. The number of carbonyl (C=O) groups excluding carboxylic acids is 1. The number of thioether (sulfide) groups is 2. The van der Waals surface area contributed by atoms with E-state index < -0.39 is 0 Å². The molecule has 2 aromatic carbocycles. The maximum Gasteiger partial charge on any atom is 0.259 e. The maximum absolute atomic E-state index is 12.8. The second-order valence-corrected chi connectivity index (χ2v) is 12.2. The molecule has 0 atom stereocenters. The Labute approximate surface area is 273 Å². The van der Waals surface area contributed by atoms with Gasteiger partial charge in [-0.3, -0.25) is 23.5 Å². The topological polar surface area (TPSA) is 133 Å². The Morgan fingerprint density at radius 1 is 0.717 bits per heavy atom. The van der Waals surface area contributed by atoms with Crippen LogP contribution in [0, 0.1) is 13.8 Å². The van der Waals surface area contributed by atoms with E-state index in [9.17, 15) is 19.5 Å². The predicted octanol–water partition coefficient (Wildman–Crippen LogP) is 5.36. The number of pyridine rings is 2. The molecule has 0 aliphatic heterocycles. The minimum Gasteiger partial charge on any atom is -0.392 e. The molecule has 12 heteroatoms. The third kappa shape index (κ3) is 6.37. The summed E-state index contributed by atoms with van der Waals surface area (Å²) in [5.41, 5.74) is 6.93. The van der Waals surface area contributed by atoms with Crippen LogP contribution in [-0.2, 0) is 20.7 Å². The summed E-state index contributed by atoms with van der Waals surface area (Å²) in [6.45, 7) is 3.82. The molecule has 0 spiro atoms. The molecular weight excluding hydrogens is 621 g/mol. The number of rotatable bonds is 6. The van der Waals surface area contributed by atoms with Gasteiger partial charge in [0.1, 0.15) is 17.6 Å². The summed E-state index contributed by atoms with van der Waals surface area (Å²) < 4.78 is 3.08. The lowest BCUT2D eigenvalue weighted by molar-refractivity contribution is 0.112. The average molecular weight is 653 g/mol. The maximum atomic E-state index is 12.8. The molecule has 234 valence electrons. The molecule has 0 saturated carbocycles. The van der Waals surface area contributed by atoms with E-state index in [2.05, 4.69) is 19.9 Å². The van der Waals surface area contributed by atoms with Crippen LogP contribution >= 0.6 is 23.5 Å². The molecule has 0 amide bonds. The Balaban J connectivity index is 0.000000181. The zero-order chi connectivity index (χ0) is 33.1. The molecular formula is C34H32N6O4S2. The fourth-order valence-electron chi connectivity index (χ4n) is 5.11. The summed E-state index contributed by atoms with van der Waals surface area (Å²) in [5.74, 6) is 0. The molecule has 1 N–H and O–H groups in total. The predicted molar refractivity (Wildman–Crippen MR) is 185 cm³/mol. The number of hydrogen-bond acceptors (Lipinski definition) is 10. The van der Waals surface area contributed by atoms with E-state index in [0.717, 1.165) is 44.9 Å². The molecule has 10 nitrogen and oxygen atoms in total. The van der Waals surface area contributed by atoms with Gasteiger partial charge in [0.05, 0.1) is 6.61 Å². The molecule has 0 saturated heterocycles. The molecule has 0 aliphatic rings. The first kappa shape index (κ1) is 32.7. The molecule has 6 aromatic rings. The van der Waals surface area contributed by atoms with E-state index in [1.165, 1.54) is 28.1 Å². The molecule has 4 heterocycles. The molecule has 0 fully saturated rings. The molecule has 0 aliphatic carbocycles. The van der Waals surface area contributed by atoms with Gasteiger partial charge in [-0.05, 0) is 78.4 Å². The zero-order valence-corrected chi connectivity index (χ0v) is 27.9. The highest BCUT2D eigenvalue weighted by atomic mass is 32.2. The molecule has 4 aromatic heterocycles. The van der Waals surface area contributed by atoms with Crippen molar-refractivity contribution in [3.63, 3.8) is 0 Å². The van der Waals surface area contributed by atoms with Gasteiger partial charge in [-0.25, -0.2) is 19.9 Å². The van der Waals surface area contributed by atoms with Crippen LogP contribution in [0.25, 0.3) is 44.3 Å². The van der Waals surface area contributed by atoms with Crippen LogP contribution in [0.15, 0.2) is 80.8 Å². The minimum absolute atomic E-state index is 0.0542. The lowest BCUT2D eigenvalue weighted by Gasteiger charge is -2.11. The fraction of sp³-hybridized carbons (Fsp3) is 0.206. The number of aliphatic hydroxyl groups is 1. The summed E-state index contributed by atoms with van der Waals surface area (Å²) in [4.78, 5) is 53.9. The first-order chi connectivity index (χ1) is 22.1. The number of nitrogens with zero attached hydrogens (tertiary/aromatic N) is 6. The van der Waals surface area contributed by atoms with Crippen LogP contribution in [0.4, 0.5) is 0 Å². The van der Waals surface area contributed by atoms with Crippen molar-refractivity contribution in [2.75, 3.05) is 12.5 Å². The number of aromatic nitrogens is 6. The van der Waals surface area contributed by atoms with Crippen molar-refractivity contribution in [2.24, 2.45) is 14.1 Å². The normalized spacial score (nSPS) is 11.0. The minimum atomic E-state index is -0.144. The van der Waals surface area contributed by atoms with Crippen molar-refractivity contribution in [3.8, 4) is 22.3 Å². The van der Waals surface area contributed by atoms with Crippen molar-refractivity contribution in [1.82, 2.24) is 29.1 Å². The van der Waals surface area contributed by atoms with Crippen LogP contribution < -0.4 is 11.1 Å². The van der Waals surface area contributed by atoms with Crippen molar-refractivity contribution < 1.29 is 9.90 Å². The first-order valence-corrected chi connectivity index (χ1v) is 16.6. The van der Waals surface area contributed by atoms with Gasteiger partial charge < -0.3 is 5.11 Å². The van der Waals surface area contributed by atoms with E-state index in [1.807, 2.05) is 56.7 Å². The number of aliphatic hydroxyl groups excluding tert-OH is 1. The zero-order valence-electron chi connectivity index (χ0n) is 26.2. The summed E-state index contributed by atoms with van der Waals surface area (Å²) in [6.07, 6.45) is 8.03. The summed E-state index contributed by atoms with van der Waals surface area (Å²) in [6, 6.07) is 14.6. The molecule has 6 rings (SSSR count). The Kier molecular flexibility index (Phi) is 9.80. The van der Waals surface area contributed by atoms with Gasteiger partial charge in [0.2, 0.25) is 0 Å². The fourth-order valence-corrected chi connectivity index (χ4v) is 5.78. The van der Waals surface area contributed by atoms with E-state index in [1.54, 1.807) is 49.3 Å². The van der Waals surface area contributed by atoms with Gasteiger partial charge in [-0.2, -0.15) is 0 Å². The van der Waals surface area contributed by atoms with Gasteiger partial charge in [-0.15, -0.1) is 0 Å². The van der Waals surface area contributed by atoms with Crippen molar-refractivity contribution >= 4 is 51.9 Å². The van der Waals surface area contributed by atoms with E-state index in [-0.39, 0.29) is 17.7 Å². The standard InChI is InChI=1S/C17H17N3O2S.C17H15N3O2S/c2*1-10-4-5-11(9-21)6-13(10)14-7-12-8-18-17(23-3)19-15(12)20(2)16(14)22/h4-8,21H,9H2,1-3H3;4-9H,1-3H3. The van der Waals surface area contributed by atoms with Gasteiger partial charge in [-0.1, -0.05) is 47.8 Å². The second kappa shape index (κ2) is 13.8. The number of aryl methyl sites for hydroxylation is 4. The Morgan fingerprint density at radius 2 is 1.20 bits per heavy atom. The largest absolute Gasteiger partial charge is 0.392 e. The van der Waals surface area contributed by atoms with Crippen LogP contribution in [-0.4, -0.2) is 53.0 Å². The quantitative estimate of drug-likeness (QED) is 0.143. The van der Waals surface area contributed by atoms with Gasteiger partial charge in [0, 0.05) is 54.0 Å². The van der Waals surface area contributed by atoms with E-state index in [4.69, 9.17) is 0 Å². The highest BCUT2D eigenvalue weighted by Gasteiger charge is 2.15. The number of carbonyl (C=O) groups is 1. The summed E-state index contributed by atoms with van der Waals surface area (Å²) in [7, 11) is 3.42. The smallest absolute Gasteiger partial charge is 0.259 e. The lowest BCUT2D eigenvalue weighted by Crippen LogP contribution is -2.20. The Hall–Kier alpha value is -4.65. The SMILES string of the molecule is CSc1ncc2cc(-c3cc(C=O)ccc3C)c(=O)n(C)c2n1.CSc1ncc2cc(-c3cc(CO)ccc3C)c(=O)n(C)c2n1. The number of benzene rings is 2. The highest BCUT2D eigenvalue weighted by Crippen LogP contribution is 2.26. The van der Waals surface area contributed by atoms with Crippen molar-refractivity contribution in [2.45, 2.75) is 30.8 Å². The van der Waals surface area contributed by atoms with Gasteiger partial charge in [0.15, 0.2) is 10.3 Å². The van der Waals surface area contributed by atoms with E-state index >= 15 is 0 Å². The van der Waals surface area contributed by atoms with Gasteiger partial charge in [0.25, 0.3) is 11.1 Å². The molecule has 0 radical (unpaired) electrons.